The highest BCUT2D eigenvalue weighted by atomic mass is 19.4. The Morgan fingerprint density at radius 1 is 0.941 bits per heavy atom. The van der Waals surface area contributed by atoms with Crippen LogP contribution in [0.5, 0.6) is 0 Å². The van der Waals surface area contributed by atoms with Gasteiger partial charge in [0.05, 0.1) is 11.1 Å². The summed E-state index contributed by atoms with van der Waals surface area (Å²) in [5, 5.41) is 8.89. The molecule has 17 heavy (non-hydrogen) atoms. The first-order valence-electron chi connectivity index (χ1n) is 4.26. The summed E-state index contributed by atoms with van der Waals surface area (Å²) in [7, 11) is 0. The van der Waals surface area contributed by atoms with Gasteiger partial charge in [0, 0.05) is 5.56 Å². The SMILES string of the molecule is NC(O)c1c(C(F)(F)F)cccc1C(F)(F)F. The molecule has 0 bridgehead atoms. The lowest BCUT2D eigenvalue weighted by Crippen LogP contribution is -2.22. The topological polar surface area (TPSA) is 46.2 Å². The van der Waals surface area contributed by atoms with E-state index in [1.54, 1.807) is 0 Å². The van der Waals surface area contributed by atoms with Crippen molar-refractivity contribution in [1.29, 1.82) is 0 Å². The molecule has 1 rings (SSSR count). The highest BCUT2D eigenvalue weighted by Crippen LogP contribution is 2.40. The Labute approximate surface area is 91.7 Å². The molecule has 0 saturated carbocycles. The van der Waals surface area contributed by atoms with Crippen LogP contribution in [0.4, 0.5) is 26.3 Å². The summed E-state index contributed by atoms with van der Waals surface area (Å²) < 4.78 is 74.7. The summed E-state index contributed by atoms with van der Waals surface area (Å²) in [6.07, 6.45) is -12.4. The van der Waals surface area contributed by atoms with Gasteiger partial charge in [-0.1, -0.05) is 6.07 Å². The molecule has 1 unspecified atom stereocenters. The largest absolute Gasteiger partial charge is 0.416 e. The molecule has 1 aromatic rings. The van der Waals surface area contributed by atoms with Crippen molar-refractivity contribution in [2.24, 2.45) is 5.73 Å². The molecule has 0 fully saturated rings. The van der Waals surface area contributed by atoms with E-state index in [-0.39, 0.29) is 0 Å². The van der Waals surface area contributed by atoms with Gasteiger partial charge in [-0.05, 0) is 12.1 Å². The van der Waals surface area contributed by atoms with Crippen LogP contribution in [0.25, 0.3) is 0 Å². The maximum atomic E-state index is 12.4. The Bertz CT molecular complexity index is 377. The van der Waals surface area contributed by atoms with Crippen LogP contribution >= 0.6 is 0 Å². The van der Waals surface area contributed by atoms with Crippen LogP contribution in [-0.4, -0.2) is 5.11 Å². The number of hydrogen-bond donors (Lipinski definition) is 2. The Balaban J connectivity index is 3.55. The molecule has 0 aliphatic heterocycles. The van der Waals surface area contributed by atoms with Crippen LogP contribution in [0.15, 0.2) is 18.2 Å². The van der Waals surface area contributed by atoms with E-state index in [2.05, 4.69) is 0 Å². The van der Waals surface area contributed by atoms with Gasteiger partial charge in [-0.3, -0.25) is 0 Å². The second-order valence-corrected chi connectivity index (χ2v) is 3.21. The van der Waals surface area contributed by atoms with Gasteiger partial charge < -0.3 is 10.8 Å². The third kappa shape index (κ3) is 2.89. The van der Waals surface area contributed by atoms with Crippen molar-refractivity contribution in [3.63, 3.8) is 0 Å². The van der Waals surface area contributed by atoms with Gasteiger partial charge in [0.15, 0.2) is 0 Å². The van der Waals surface area contributed by atoms with Crippen molar-refractivity contribution in [1.82, 2.24) is 0 Å². The maximum absolute atomic E-state index is 12.4. The van der Waals surface area contributed by atoms with Gasteiger partial charge in [-0.2, -0.15) is 26.3 Å². The first-order valence-corrected chi connectivity index (χ1v) is 4.26. The van der Waals surface area contributed by atoms with Crippen molar-refractivity contribution in [3.05, 3.63) is 34.9 Å². The number of aliphatic hydroxyl groups excluding tert-OH is 1. The van der Waals surface area contributed by atoms with Crippen LogP contribution in [0.1, 0.15) is 22.9 Å². The lowest BCUT2D eigenvalue weighted by molar-refractivity contribution is -0.146. The number of rotatable bonds is 1. The highest BCUT2D eigenvalue weighted by Gasteiger charge is 2.41. The molecule has 3 N–H and O–H groups in total. The average Bonchev–Trinajstić information content (AvgIpc) is 2.13. The minimum Gasteiger partial charge on any atom is -0.375 e. The van der Waals surface area contributed by atoms with Crippen LogP contribution in [0.3, 0.4) is 0 Å². The van der Waals surface area contributed by atoms with E-state index in [0.717, 1.165) is 0 Å². The summed E-state index contributed by atoms with van der Waals surface area (Å²) in [4.78, 5) is 0. The molecule has 0 amide bonds. The van der Waals surface area contributed by atoms with E-state index in [4.69, 9.17) is 10.8 Å². The predicted molar refractivity (Wildman–Crippen MR) is 45.6 cm³/mol. The summed E-state index contributed by atoms with van der Waals surface area (Å²) in [6, 6.07) is 1.47. The standard InChI is InChI=1S/C9H7F6NO/c10-8(11,12)4-2-1-3-5(9(13,14)15)6(4)7(16)17/h1-3,7,17H,16H2. The van der Waals surface area contributed by atoms with Crippen LogP contribution < -0.4 is 5.73 Å². The average molecular weight is 259 g/mol. The quantitative estimate of drug-likeness (QED) is 0.601. The van der Waals surface area contributed by atoms with E-state index < -0.39 is 35.3 Å². The van der Waals surface area contributed by atoms with Gasteiger partial charge in [-0.25, -0.2) is 0 Å². The fourth-order valence-electron chi connectivity index (χ4n) is 1.38. The normalized spacial score (nSPS) is 14.8. The first-order chi connectivity index (χ1) is 7.55. The molecular formula is C9H7F6NO. The number of hydrogen-bond acceptors (Lipinski definition) is 2. The zero-order chi connectivity index (χ0) is 13.4. The first kappa shape index (κ1) is 13.8. The zero-order valence-electron chi connectivity index (χ0n) is 8.10. The molecule has 0 aliphatic carbocycles. The molecule has 0 aliphatic rings. The molecule has 0 spiro atoms. The third-order valence-corrected chi connectivity index (χ3v) is 2.01. The van der Waals surface area contributed by atoms with Gasteiger partial charge >= 0.3 is 12.4 Å². The Morgan fingerprint density at radius 2 is 1.29 bits per heavy atom. The lowest BCUT2D eigenvalue weighted by Gasteiger charge is -2.20. The van der Waals surface area contributed by atoms with Crippen molar-refractivity contribution < 1.29 is 31.4 Å². The van der Waals surface area contributed by atoms with Gasteiger partial charge in [0.2, 0.25) is 0 Å². The van der Waals surface area contributed by atoms with Crippen molar-refractivity contribution in [3.8, 4) is 0 Å². The number of aliphatic hydroxyl groups is 1. The van der Waals surface area contributed by atoms with E-state index in [0.29, 0.717) is 18.2 Å². The molecule has 2 nitrogen and oxygen atoms in total. The monoisotopic (exact) mass is 259 g/mol. The van der Waals surface area contributed by atoms with E-state index in [1.165, 1.54) is 0 Å². The highest BCUT2D eigenvalue weighted by molar-refractivity contribution is 5.40. The summed E-state index contributed by atoms with van der Waals surface area (Å²) in [6.45, 7) is 0. The van der Waals surface area contributed by atoms with Gasteiger partial charge in [-0.15, -0.1) is 0 Å². The molecule has 0 radical (unpaired) electrons. The second kappa shape index (κ2) is 4.19. The number of halogens is 6. The number of benzene rings is 1. The van der Waals surface area contributed by atoms with Crippen LogP contribution in [-0.2, 0) is 12.4 Å². The zero-order valence-corrected chi connectivity index (χ0v) is 8.10. The van der Waals surface area contributed by atoms with Crippen molar-refractivity contribution in [2.75, 3.05) is 0 Å². The minimum absolute atomic E-state index is 0.431. The molecule has 96 valence electrons. The predicted octanol–water partition coefficient (Wildman–Crippen LogP) is 2.67. The number of nitrogens with two attached hydrogens (primary N) is 1. The summed E-state index contributed by atoms with van der Waals surface area (Å²) in [5.74, 6) is 0. The Kier molecular flexibility index (Phi) is 3.40. The molecular weight excluding hydrogens is 252 g/mol. The third-order valence-electron chi connectivity index (χ3n) is 2.01. The maximum Gasteiger partial charge on any atom is 0.416 e. The van der Waals surface area contributed by atoms with Crippen LogP contribution in [0.2, 0.25) is 0 Å². The molecule has 0 saturated heterocycles. The second-order valence-electron chi connectivity index (χ2n) is 3.21. The molecule has 0 heterocycles. The molecule has 1 aromatic carbocycles. The lowest BCUT2D eigenvalue weighted by atomic mass is 9.99. The summed E-state index contributed by atoms with van der Waals surface area (Å²) in [5.41, 5.74) is 0.206. The van der Waals surface area contributed by atoms with Crippen LogP contribution in [0, 0.1) is 0 Å². The van der Waals surface area contributed by atoms with E-state index in [1.807, 2.05) is 0 Å². The van der Waals surface area contributed by atoms with E-state index >= 15 is 0 Å². The van der Waals surface area contributed by atoms with Gasteiger partial charge in [0.25, 0.3) is 0 Å². The Hall–Kier alpha value is -1.28. The summed E-state index contributed by atoms with van der Waals surface area (Å²) >= 11 is 0. The van der Waals surface area contributed by atoms with Gasteiger partial charge in [0.1, 0.15) is 6.23 Å². The Morgan fingerprint density at radius 3 is 1.53 bits per heavy atom. The fraction of sp³-hybridized carbons (Fsp3) is 0.333. The van der Waals surface area contributed by atoms with E-state index in [9.17, 15) is 26.3 Å². The van der Waals surface area contributed by atoms with Crippen molar-refractivity contribution in [2.45, 2.75) is 18.6 Å². The molecule has 1 atom stereocenters. The smallest absolute Gasteiger partial charge is 0.375 e. The van der Waals surface area contributed by atoms with Crippen molar-refractivity contribution >= 4 is 0 Å². The fourth-order valence-corrected chi connectivity index (χ4v) is 1.38. The molecule has 0 aromatic heterocycles. The minimum atomic E-state index is -5.02. The number of alkyl halides is 6. The molecule has 8 heteroatoms.